The first-order valence-electron chi connectivity index (χ1n) is 8.78. The van der Waals surface area contributed by atoms with Gasteiger partial charge in [0.15, 0.2) is 5.78 Å². The number of non-ortho nitro benzene ring substituents is 1. The predicted molar refractivity (Wildman–Crippen MR) is 111 cm³/mol. The number of hydrogen-bond acceptors (Lipinski definition) is 6. The van der Waals surface area contributed by atoms with E-state index in [0.29, 0.717) is 16.8 Å². The lowest BCUT2D eigenvalue weighted by atomic mass is 10.0. The van der Waals surface area contributed by atoms with E-state index >= 15 is 0 Å². The maximum atomic E-state index is 12.6. The maximum absolute atomic E-state index is 12.6. The van der Waals surface area contributed by atoms with Crippen LogP contribution in [-0.2, 0) is 11.2 Å². The largest absolute Gasteiger partial charge is 0.477 e. The Labute approximate surface area is 174 Å². The molecule has 9 nitrogen and oxygen atoms in total. The van der Waals surface area contributed by atoms with Crippen molar-refractivity contribution >= 4 is 45.6 Å². The highest BCUT2D eigenvalue weighted by molar-refractivity contribution is 6.33. The molecule has 0 aliphatic heterocycles. The fourth-order valence-corrected chi connectivity index (χ4v) is 3.17. The third-order valence-corrected chi connectivity index (χ3v) is 4.89. The molecule has 0 unspecified atom stereocenters. The number of Topliss-reactive ketones (excluding diaryl/α,β-unsaturated/α-hetero) is 1. The van der Waals surface area contributed by atoms with Gasteiger partial charge in [-0.3, -0.25) is 19.7 Å². The third kappa shape index (κ3) is 4.31. The molecule has 10 heteroatoms. The van der Waals surface area contributed by atoms with Crippen molar-refractivity contribution in [1.29, 1.82) is 0 Å². The highest BCUT2D eigenvalue weighted by Crippen LogP contribution is 2.27. The number of carboxylic acid groups (broad SMARTS) is 1. The van der Waals surface area contributed by atoms with Crippen molar-refractivity contribution in [3.05, 3.63) is 79.1 Å². The smallest absolute Gasteiger partial charge is 0.341 e. The Morgan fingerprint density at radius 2 is 2.00 bits per heavy atom. The van der Waals surface area contributed by atoms with Crippen LogP contribution in [0.15, 0.2) is 47.4 Å². The summed E-state index contributed by atoms with van der Waals surface area (Å²) in [5.41, 5.74) is 0.216. The number of H-pyrrole nitrogens is 1. The lowest BCUT2D eigenvalue weighted by Gasteiger charge is -2.15. The molecule has 3 aromatic rings. The first kappa shape index (κ1) is 21.0. The van der Waals surface area contributed by atoms with Crippen LogP contribution in [0.3, 0.4) is 0 Å². The zero-order valence-corrected chi connectivity index (χ0v) is 16.4. The summed E-state index contributed by atoms with van der Waals surface area (Å²) in [6.07, 6.45) is 1.13. The number of nitro benzene ring substituents is 1. The molecule has 0 radical (unpaired) electrons. The summed E-state index contributed by atoms with van der Waals surface area (Å²) in [4.78, 5) is 49.1. The summed E-state index contributed by atoms with van der Waals surface area (Å²) < 4.78 is 0. The Morgan fingerprint density at radius 3 is 2.63 bits per heavy atom. The van der Waals surface area contributed by atoms with Crippen LogP contribution in [0.2, 0.25) is 5.02 Å². The zero-order chi connectivity index (χ0) is 22.0. The Balaban J connectivity index is 1.79. The number of carboxylic acids is 1. The van der Waals surface area contributed by atoms with Crippen molar-refractivity contribution in [3.8, 4) is 0 Å². The van der Waals surface area contributed by atoms with E-state index in [4.69, 9.17) is 16.7 Å². The number of nitro groups is 1. The van der Waals surface area contributed by atoms with E-state index in [2.05, 4.69) is 10.3 Å². The molecule has 0 aliphatic rings. The molecule has 1 heterocycles. The monoisotopic (exact) mass is 429 g/mol. The van der Waals surface area contributed by atoms with Gasteiger partial charge in [0.05, 0.1) is 21.7 Å². The van der Waals surface area contributed by atoms with Crippen molar-refractivity contribution in [1.82, 2.24) is 4.98 Å². The molecule has 154 valence electrons. The van der Waals surface area contributed by atoms with Crippen LogP contribution in [0.4, 0.5) is 11.4 Å². The molecule has 0 saturated carbocycles. The van der Waals surface area contributed by atoms with E-state index in [-0.39, 0.29) is 33.9 Å². The molecule has 0 amide bonds. The second-order valence-electron chi connectivity index (χ2n) is 6.65. The number of hydrogen-bond donors (Lipinski definition) is 3. The molecule has 0 spiro atoms. The molecular formula is C20H16ClN3O6. The number of nitrogens with one attached hydrogen (secondary N) is 2. The number of carbonyl (C=O) groups excluding carboxylic acids is 1. The summed E-state index contributed by atoms with van der Waals surface area (Å²) in [6, 6.07) is 8.00. The summed E-state index contributed by atoms with van der Waals surface area (Å²) in [5, 5.41) is 23.1. The van der Waals surface area contributed by atoms with Gasteiger partial charge in [0.1, 0.15) is 5.56 Å². The van der Waals surface area contributed by atoms with Crippen LogP contribution in [0.5, 0.6) is 0 Å². The van der Waals surface area contributed by atoms with Crippen LogP contribution < -0.4 is 10.7 Å². The second kappa shape index (κ2) is 8.34. The number of fused-ring (bicyclic) bond motifs is 1. The molecule has 1 atom stereocenters. The molecule has 1 aromatic heterocycles. The Kier molecular flexibility index (Phi) is 5.84. The molecule has 0 saturated heterocycles. The number of anilines is 1. The number of nitrogens with zero attached hydrogens (tertiary/aromatic N) is 1. The van der Waals surface area contributed by atoms with Crippen molar-refractivity contribution in [2.75, 3.05) is 5.32 Å². The van der Waals surface area contributed by atoms with Gasteiger partial charge in [-0.1, -0.05) is 17.7 Å². The summed E-state index contributed by atoms with van der Waals surface area (Å²) in [7, 11) is 0. The van der Waals surface area contributed by atoms with Crippen LogP contribution in [0.25, 0.3) is 10.9 Å². The number of ketones is 1. The number of aromatic amines is 1. The van der Waals surface area contributed by atoms with Gasteiger partial charge in [0.25, 0.3) is 5.69 Å². The Bertz CT molecular complexity index is 1240. The van der Waals surface area contributed by atoms with E-state index in [0.717, 1.165) is 6.20 Å². The van der Waals surface area contributed by atoms with Crippen molar-refractivity contribution < 1.29 is 19.6 Å². The number of aromatic carboxylic acids is 1. The SMILES string of the molecule is C[C@H](Nc1ccc([N+](=O)[O-])cc1Cl)C(=O)Cc1ccc2[nH]cc(C(=O)O)c(=O)c2c1. The molecule has 3 rings (SSSR count). The van der Waals surface area contributed by atoms with E-state index in [1.807, 2.05) is 0 Å². The lowest BCUT2D eigenvalue weighted by molar-refractivity contribution is -0.384. The number of rotatable bonds is 7. The van der Waals surface area contributed by atoms with Gasteiger partial charge >= 0.3 is 5.97 Å². The summed E-state index contributed by atoms with van der Waals surface area (Å²) in [6.45, 7) is 1.62. The first-order chi connectivity index (χ1) is 14.2. The fourth-order valence-electron chi connectivity index (χ4n) is 2.94. The van der Waals surface area contributed by atoms with Gasteiger partial charge in [-0.25, -0.2) is 4.79 Å². The number of pyridine rings is 1. The van der Waals surface area contributed by atoms with E-state index in [9.17, 15) is 24.5 Å². The standard InChI is InChI=1S/C20H16ClN3O6/c1-10(23-17-5-3-12(24(29)30)8-15(17)21)18(25)7-11-2-4-16-13(6-11)19(26)14(9-22-16)20(27)28/h2-6,8-10,23H,7H2,1H3,(H,22,26)(H,27,28)/t10-/m0/s1. The zero-order valence-electron chi connectivity index (χ0n) is 15.6. The van der Waals surface area contributed by atoms with Gasteiger partial charge in [0, 0.05) is 35.7 Å². The number of halogens is 1. The normalized spacial score (nSPS) is 11.8. The maximum Gasteiger partial charge on any atom is 0.341 e. The highest BCUT2D eigenvalue weighted by Gasteiger charge is 2.17. The number of benzene rings is 2. The molecule has 0 bridgehead atoms. The van der Waals surface area contributed by atoms with Gasteiger partial charge in [-0.05, 0) is 30.7 Å². The highest BCUT2D eigenvalue weighted by atomic mass is 35.5. The van der Waals surface area contributed by atoms with E-state index in [1.165, 1.54) is 24.3 Å². The van der Waals surface area contributed by atoms with Gasteiger partial charge < -0.3 is 15.4 Å². The third-order valence-electron chi connectivity index (χ3n) is 4.57. The van der Waals surface area contributed by atoms with Crippen LogP contribution >= 0.6 is 11.6 Å². The van der Waals surface area contributed by atoms with Gasteiger partial charge in [0.2, 0.25) is 5.43 Å². The average Bonchev–Trinajstić information content (AvgIpc) is 2.69. The van der Waals surface area contributed by atoms with Crippen molar-refractivity contribution in [3.63, 3.8) is 0 Å². The summed E-state index contributed by atoms with van der Waals surface area (Å²) in [5.74, 6) is -1.55. The molecule has 30 heavy (non-hydrogen) atoms. The van der Waals surface area contributed by atoms with Crippen LogP contribution in [0, 0.1) is 10.1 Å². The molecule has 3 N–H and O–H groups in total. The van der Waals surface area contributed by atoms with E-state index in [1.54, 1.807) is 19.1 Å². The minimum atomic E-state index is -1.34. The van der Waals surface area contributed by atoms with Crippen molar-refractivity contribution in [2.45, 2.75) is 19.4 Å². The molecular weight excluding hydrogens is 414 g/mol. The first-order valence-corrected chi connectivity index (χ1v) is 9.16. The topological polar surface area (TPSA) is 142 Å². The van der Waals surface area contributed by atoms with E-state index < -0.39 is 22.4 Å². The molecule has 0 fully saturated rings. The lowest BCUT2D eigenvalue weighted by Crippen LogP contribution is -2.27. The minimum Gasteiger partial charge on any atom is -0.477 e. The summed E-state index contributed by atoms with van der Waals surface area (Å²) >= 11 is 6.04. The van der Waals surface area contributed by atoms with Gasteiger partial charge in [-0.2, -0.15) is 0 Å². The van der Waals surface area contributed by atoms with Crippen LogP contribution in [-0.4, -0.2) is 32.8 Å². The Hall–Kier alpha value is -3.72. The Morgan fingerprint density at radius 1 is 1.27 bits per heavy atom. The average molecular weight is 430 g/mol. The van der Waals surface area contributed by atoms with Gasteiger partial charge in [-0.15, -0.1) is 0 Å². The number of carbonyl (C=O) groups is 2. The predicted octanol–water partition coefficient (Wildman–Crippen LogP) is 3.40. The molecule has 0 aliphatic carbocycles. The van der Waals surface area contributed by atoms with Crippen molar-refractivity contribution in [2.24, 2.45) is 0 Å². The second-order valence-corrected chi connectivity index (χ2v) is 7.05. The quantitative estimate of drug-likeness (QED) is 0.385. The molecule has 2 aromatic carbocycles. The number of aromatic nitrogens is 1. The van der Waals surface area contributed by atoms with Crippen LogP contribution in [0.1, 0.15) is 22.8 Å². The minimum absolute atomic E-state index is 0.00849. The fraction of sp³-hybridized carbons (Fsp3) is 0.150.